The largest absolute Gasteiger partial charge is 0.335 e. The van der Waals surface area contributed by atoms with Crippen LogP contribution in [-0.2, 0) is 10.0 Å². The normalized spacial score (nSPS) is 11.9. The predicted octanol–water partition coefficient (Wildman–Crippen LogP) is 1.11. The van der Waals surface area contributed by atoms with E-state index in [2.05, 4.69) is 4.40 Å². The van der Waals surface area contributed by atoms with Crippen molar-refractivity contribution in [3.63, 3.8) is 0 Å². The van der Waals surface area contributed by atoms with Crippen molar-refractivity contribution in [3.05, 3.63) is 30.3 Å². The second kappa shape index (κ2) is 4.23. The molecule has 0 aliphatic heterocycles. The van der Waals surface area contributed by atoms with Gasteiger partial charge in [0.1, 0.15) is 6.34 Å². The molecule has 0 atom stereocenters. The van der Waals surface area contributed by atoms with Crippen LogP contribution >= 0.6 is 0 Å². The van der Waals surface area contributed by atoms with Crippen molar-refractivity contribution in [1.82, 2.24) is 0 Å². The molecule has 0 unspecified atom stereocenters. The topological polar surface area (TPSA) is 49.7 Å². The first-order valence-electron chi connectivity index (χ1n) is 4.02. The van der Waals surface area contributed by atoms with Crippen LogP contribution in [0.5, 0.6) is 0 Å². The van der Waals surface area contributed by atoms with Crippen LogP contribution in [0.3, 0.4) is 0 Å². The van der Waals surface area contributed by atoms with E-state index in [0.717, 1.165) is 11.9 Å². The number of sulfonamides is 1. The molecule has 0 saturated heterocycles. The number of para-hydroxylation sites is 1. The third-order valence-corrected chi connectivity index (χ3v) is 2.05. The van der Waals surface area contributed by atoms with Gasteiger partial charge in [0.25, 0.3) is 10.0 Å². The lowest BCUT2D eigenvalue weighted by Crippen LogP contribution is -2.14. The molecule has 0 bridgehead atoms. The van der Waals surface area contributed by atoms with Crippen molar-refractivity contribution in [2.75, 3.05) is 18.2 Å². The van der Waals surface area contributed by atoms with Gasteiger partial charge in [-0.3, -0.25) is 0 Å². The van der Waals surface area contributed by atoms with E-state index in [1.54, 1.807) is 11.9 Å². The SMILES string of the molecule is CN(C=NS(C)(=O)=O)c1ccccc1. The number of rotatable bonds is 3. The maximum Gasteiger partial charge on any atom is 0.251 e. The fourth-order valence-corrected chi connectivity index (χ4v) is 1.20. The van der Waals surface area contributed by atoms with E-state index in [9.17, 15) is 8.42 Å². The third-order valence-electron chi connectivity index (χ3n) is 1.58. The van der Waals surface area contributed by atoms with Crippen molar-refractivity contribution in [3.8, 4) is 0 Å². The number of anilines is 1. The van der Waals surface area contributed by atoms with E-state index >= 15 is 0 Å². The number of hydrogen-bond acceptors (Lipinski definition) is 2. The summed E-state index contributed by atoms with van der Waals surface area (Å²) in [6.07, 6.45) is 2.34. The molecule has 0 saturated carbocycles. The standard InChI is InChI=1S/C9H12N2O2S/c1-11(8-10-14(2,12)13)9-6-4-3-5-7-9/h3-8H,1-2H3. The molecule has 76 valence electrons. The summed E-state index contributed by atoms with van der Waals surface area (Å²) < 4.78 is 24.9. The van der Waals surface area contributed by atoms with Crippen LogP contribution in [0.1, 0.15) is 0 Å². The van der Waals surface area contributed by atoms with Crippen LogP contribution in [0.2, 0.25) is 0 Å². The minimum Gasteiger partial charge on any atom is -0.335 e. The minimum atomic E-state index is -3.30. The van der Waals surface area contributed by atoms with Crippen molar-refractivity contribution in [2.24, 2.45) is 4.40 Å². The summed E-state index contributed by atoms with van der Waals surface area (Å²) in [6, 6.07) is 9.38. The summed E-state index contributed by atoms with van der Waals surface area (Å²) in [5.41, 5.74) is 0.889. The maximum absolute atomic E-state index is 10.7. The number of nitrogens with zero attached hydrogens (tertiary/aromatic N) is 2. The molecule has 0 aliphatic rings. The van der Waals surface area contributed by atoms with Gasteiger partial charge in [0, 0.05) is 12.7 Å². The Morgan fingerprint density at radius 2 is 1.86 bits per heavy atom. The van der Waals surface area contributed by atoms with Gasteiger partial charge in [-0.05, 0) is 12.1 Å². The summed E-state index contributed by atoms with van der Waals surface area (Å²) >= 11 is 0. The summed E-state index contributed by atoms with van der Waals surface area (Å²) in [5.74, 6) is 0. The molecule has 1 rings (SSSR count). The maximum atomic E-state index is 10.7. The lowest BCUT2D eigenvalue weighted by Gasteiger charge is -2.11. The zero-order chi connectivity index (χ0) is 10.6. The quantitative estimate of drug-likeness (QED) is 0.557. The highest BCUT2D eigenvalue weighted by molar-refractivity contribution is 7.89. The van der Waals surface area contributed by atoms with E-state index < -0.39 is 10.0 Å². The van der Waals surface area contributed by atoms with Gasteiger partial charge in [-0.2, -0.15) is 4.40 Å². The van der Waals surface area contributed by atoms with Gasteiger partial charge in [-0.25, -0.2) is 8.42 Å². The van der Waals surface area contributed by atoms with Crippen molar-refractivity contribution in [2.45, 2.75) is 0 Å². The molecular formula is C9H12N2O2S. The summed E-state index contributed by atoms with van der Waals surface area (Å²) in [4.78, 5) is 1.64. The van der Waals surface area contributed by atoms with E-state index in [-0.39, 0.29) is 0 Å². The smallest absolute Gasteiger partial charge is 0.251 e. The molecule has 0 N–H and O–H groups in total. The van der Waals surface area contributed by atoms with Gasteiger partial charge in [-0.15, -0.1) is 0 Å². The fraction of sp³-hybridized carbons (Fsp3) is 0.222. The first-order valence-corrected chi connectivity index (χ1v) is 5.87. The van der Waals surface area contributed by atoms with Crippen molar-refractivity contribution < 1.29 is 8.42 Å². The molecule has 0 aliphatic carbocycles. The Balaban J connectivity index is 2.78. The summed E-state index contributed by atoms with van der Waals surface area (Å²) in [5, 5.41) is 0. The molecule has 0 spiro atoms. The average molecular weight is 212 g/mol. The molecule has 1 aromatic rings. The molecule has 1 aromatic carbocycles. The van der Waals surface area contributed by atoms with Gasteiger partial charge in [0.2, 0.25) is 0 Å². The Morgan fingerprint density at radius 1 is 1.29 bits per heavy atom. The second-order valence-corrected chi connectivity index (χ2v) is 4.58. The van der Waals surface area contributed by atoms with E-state index in [0.29, 0.717) is 0 Å². The van der Waals surface area contributed by atoms with E-state index in [1.165, 1.54) is 6.34 Å². The third kappa shape index (κ3) is 3.57. The van der Waals surface area contributed by atoms with Crippen LogP contribution in [0, 0.1) is 0 Å². The monoisotopic (exact) mass is 212 g/mol. The van der Waals surface area contributed by atoms with Crippen molar-refractivity contribution in [1.29, 1.82) is 0 Å². The Morgan fingerprint density at radius 3 is 2.36 bits per heavy atom. The molecule has 5 heteroatoms. The highest BCUT2D eigenvalue weighted by Gasteiger charge is 1.98. The second-order valence-electron chi connectivity index (χ2n) is 2.90. The first kappa shape index (κ1) is 10.7. The fourth-order valence-electron chi connectivity index (χ4n) is 0.886. The number of benzene rings is 1. The van der Waals surface area contributed by atoms with Crippen LogP contribution in [0.4, 0.5) is 5.69 Å². The predicted molar refractivity (Wildman–Crippen MR) is 58.2 cm³/mol. The molecule has 14 heavy (non-hydrogen) atoms. The highest BCUT2D eigenvalue weighted by Crippen LogP contribution is 2.08. The van der Waals surface area contributed by atoms with Crippen LogP contribution in [-0.4, -0.2) is 28.1 Å². The van der Waals surface area contributed by atoms with Crippen LogP contribution in [0.25, 0.3) is 0 Å². The van der Waals surface area contributed by atoms with E-state index in [1.807, 2.05) is 30.3 Å². The van der Waals surface area contributed by atoms with Crippen LogP contribution < -0.4 is 4.90 Å². The van der Waals surface area contributed by atoms with Gasteiger partial charge in [0.05, 0.1) is 6.26 Å². The van der Waals surface area contributed by atoms with Gasteiger partial charge in [-0.1, -0.05) is 18.2 Å². The molecule has 0 radical (unpaired) electrons. The summed E-state index contributed by atoms with van der Waals surface area (Å²) in [7, 11) is -1.56. The average Bonchev–Trinajstić information content (AvgIpc) is 2.14. The molecule has 0 aromatic heterocycles. The molecule has 0 heterocycles. The summed E-state index contributed by atoms with van der Waals surface area (Å²) in [6.45, 7) is 0. The molecule has 0 amide bonds. The Bertz CT molecular complexity index is 412. The lowest BCUT2D eigenvalue weighted by molar-refractivity contribution is 0.604. The van der Waals surface area contributed by atoms with Gasteiger partial charge >= 0.3 is 0 Å². The van der Waals surface area contributed by atoms with E-state index in [4.69, 9.17) is 0 Å². The Labute approximate surface area is 83.9 Å². The minimum absolute atomic E-state index is 0.889. The highest BCUT2D eigenvalue weighted by atomic mass is 32.2. The number of hydrogen-bond donors (Lipinski definition) is 0. The van der Waals surface area contributed by atoms with Crippen LogP contribution in [0.15, 0.2) is 34.7 Å². The molecule has 4 nitrogen and oxygen atoms in total. The van der Waals surface area contributed by atoms with Crippen molar-refractivity contribution >= 4 is 22.0 Å². The zero-order valence-electron chi connectivity index (χ0n) is 8.08. The molecular weight excluding hydrogens is 200 g/mol. The Kier molecular flexibility index (Phi) is 3.24. The Hall–Kier alpha value is -1.36. The zero-order valence-corrected chi connectivity index (χ0v) is 8.90. The van der Waals surface area contributed by atoms with Gasteiger partial charge in [0.15, 0.2) is 0 Å². The first-order chi connectivity index (χ1) is 6.49. The molecule has 0 fully saturated rings. The van der Waals surface area contributed by atoms with Gasteiger partial charge < -0.3 is 4.90 Å². The lowest BCUT2D eigenvalue weighted by atomic mass is 10.3.